The summed E-state index contributed by atoms with van der Waals surface area (Å²) in [4.78, 5) is 6.96. The zero-order valence-corrected chi connectivity index (χ0v) is 7.12. The molecule has 0 atom stereocenters. The van der Waals surface area contributed by atoms with E-state index in [0.717, 1.165) is 25.1 Å². The highest BCUT2D eigenvalue weighted by Gasteiger charge is 1.93. The van der Waals surface area contributed by atoms with Crippen molar-refractivity contribution in [3.05, 3.63) is 18.2 Å². The van der Waals surface area contributed by atoms with Gasteiger partial charge in [-0.3, -0.25) is 0 Å². The van der Waals surface area contributed by atoms with Crippen LogP contribution in [0, 0.1) is 0 Å². The lowest BCUT2D eigenvalue weighted by molar-refractivity contribution is 0.139. The van der Waals surface area contributed by atoms with E-state index in [1.165, 1.54) is 0 Å². The maximum atomic E-state index is 5.26. The summed E-state index contributed by atoms with van der Waals surface area (Å²) in [6.45, 7) is 2.03. The number of nitrogens with zero attached hydrogens (tertiary/aromatic N) is 1. The summed E-state index contributed by atoms with van der Waals surface area (Å²) in [6, 6.07) is 0. The average molecular weight is 169 g/mol. The second kappa shape index (κ2) is 5.74. The van der Waals surface area contributed by atoms with Gasteiger partial charge in [-0.25, -0.2) is 4.98 Å². The minimum atomic E-state index is 0.601. The third-order valence-corrected chi connectivity index (χ3v) is 1.55. The number of ether oxygens (including phenoxy) is 1. The molecule has 0 saturated heterocycles. The Morgan fingerprint density at radius 3 is 3.08 bits per heavy atom. The van der Waals surface area contributed by atoms with Gasteiger partial charge in [0.25, 0.3) is 0 Å². The van der Waals surface area contributed by atoms with E-state index in [1.54, 1.807) is 6.33 Å². The number of rotatable bonds is 6. The molecule has 1 aromatic rings. The van der Waals surface area contributed by atoms with Crippen LogP contribution in [0.25, 0.3) is 0 Å². The SMILES string of the molecule is NCCOCCCc1cnc[nH]1. The number of imidazole rings is 1. The second-order valence-corrected chi connectivity index (χ2v) is 2.58. The van der Waals surface area contributed by atoms with Gasteiger partial charge in [-0.15, -0.1) is 0 Å². The molecule has 0 aliphatic carbocycles. The van der Waals surface area contributed by atoms with E-state index in [2.05, 4.69) is 9.97 Å². The molecule has 0 aliphatic heterocycles. The van der Waals surface area contributed by atoms with Gasteiger partial charge in [0.1, 0.15) is 0 Å². The molecule has 0 aliphatic rings. The molecule has 0 unspecified atom stereocenters. The number of H-pyrrole nitrogens is 1. The van der Waals surface area contributed by atoms with Crippen molar-refractivity contribution in [3.63, 3.8) is 0 Å². The number of aryl methyl sites for hydroxylation is 1. The maximum Gasteiger partial charge on any atom is 0.0921 e. The first-order valence-electron chi connectivity index (χ1n) is 4.18. The van der Waals surface area contributed by atoms with Crippen molar-refractivity contribution in [1.82, 2.24) is 9.97 Å². The van der Waals surface area contributed by atoms with Gasteiger partial charge in [-0.2, -0.15) is 0 Å². The van der Waals surface area contributed by atoms with E-state index >= 15 is 0 Å². The molecule has 3 N–H and O–H groups in total. The standard InChI is InChI=1S/C8H15N3O/c9-3-5-12-4-1-2-8-6-10-7-11-8/h6-7H,1-5,9H2,(H,10,11). The number of hydrogen-bond acceptors (Lipinski definition) is 3. The monoisotopic (exact) mass is 169 g/mol. The normalized spacial score (nSPS) is 10.4. The Hall–Kier alpha value is -0.870. The Kier molecular flexibility index (Phi) is 4.41. The third-order valence-electron chi connectivity index (χ3n) is 1.55. The average Bonchev–Trinajstić information content (AvgIpc) is 2.57. The molecule has 0 spiro atoms. The number of nitrogens with one attached hydrogen (secondary N) is 1. The van der Waals surface area contributed by atoms with Crippen LogP contribution in [0.5, 0.6) is 0 Å². The summed E-state index contributed by atoms with van der Waals surface area (Å²) in [5.41, 5.74) is 6.42. The summed E-state index contributed by atoms with van der Waals surface area (Å²) in [6.07, 6.45) is 5.53. The molecule has 12 heavy (non-hydrogen) atoms. The van der Waals surface area contributed by atoms with Gasteiger partial charge in [0, 0.05) is 25.0 Å². The van der Waals surface area contributed by atoms with Crippen LogP contribution >= 0.6 is 0 Å². The predicted molar refractivity (Wildman–Crippen MR) is 46.8 cm³/mol. The fraction of sp³-hybridized carbons (Fsp3) is 0.625. The fourth-order valence-electron chi connectivity index (χ4n) is 0.971. The van der Waals surface area contributed by atoms with Crippen molar-refractivity contribution in [2.24, 2.45) is 5.73 Å². The Morgan fingerprint density at radius 2 is 2.42 bits per heavy atom. The summed E-state index contributed by atoms with van der Waals surface area (Å²) >= 11 is 0. The lowest BCUT2D eigenvalue weighted by Gasteiger charge is -2.00. The predicted octanol–water partition coefficient (Wildman–Crippen LogP) is 0.318. The molecule has 0 fully saturated rings. The van der Waals surface area contributed by atoms with Gasteiger partial charge >= 0.3 is 0 Å². The highest BCUT2D eigenvalue weighted by molar-refractivity contribution is 4.93. The highest BCUT2D eigenvalue weighted by atomic mass is 16.5. The van der Waals surface area contributed by atoms with Gasteiger partial charge < -0.3 is 15.5 Å². The van der Waals surface area contributed by atoms with Crippen molar-refractivity contribution in [2.45, 2.75) is 12.8 Å². The molecule has 4 nitrogen and oxygen atoms in total. The molecule has 0 saturated carbocycles. The van der Waals surface area contributed by atoms with Crippen LogP contribution in [-0.2, 0) is 11.2 Å². The van der Waals surface area contributed by atoms with Crippen LogP contribution in [0.3, 0.4) is 0 Å². The molecule has 1 aromatic heterocycles. The number of aromatic nitrogens is 2. The Morgan fingerprint density at radius 1 is 1.50 bits per heavy atom. The highest BCUT2D eigenvalue weighted by Crippen LogP contribution is 1.96. The first-order chi connectivity index (χ1) is 5.93. The molecule has 1 heterocycles. The van der Waals surface area contributed by atoms with E-state index in [-0.39, 0.29) is 0 Å². The van der Waals surface area contributed by atoms with E-state index in [1.807, 2.05) is 6.20 Å². The Labute approximate surface area is 72.1 Å². The summed E-state index contributed by atoms with van der Waals surface area (Å²) < 4.78 is 5.22. The van der Waals surface area contributed by atoms with Crippen molar-refractivity contribution in [2.75, 3.05) is 19.8 Å². The third kappa shape index (κ3) is 3.50. The molecule has 68 valence electrons. The van der Waals surface area contributed by atoms with Gasteiger partial charge in [-0.05, 0) is 12.8 Å². The lowest BCUT2D eigenvalue weighted by Crippen LogP contribution is -2.09. The number of hydrogen-bond donors (Lipinski definition) is 2. The smallest absolute Gasteiger partial charge is 0.0921 e. The molecule has 0 radical (unpaired) electrons. The van der Waals surface area contributed by atoms with Crippen LogP contribution < -0.4 is 5.73 Å². The van der Waals surface area contributed by atoms with E-state index in [0.29, 0.717) is 13.2 Å². The topological polar surface area (TPSA) is 63.9 Å². The molecule has 4 heteroatoms. The van der Waals surface area contributed by atoms with Crippen LogP contribution in [-0.4, -0.2) is 29.7 Å². The van der Waals surface area contributed by atoms with Crippen molar-refractivity contribution in [1.29, 1.82) is 0 Å². The first kappa shape index (κ1) is 9.22. The Bertz CT molecular complexity index is 186. The molecule has 0 bridgehead atoms. The second-order valence-electron chi connectivity index (χ2n) is 2.58. The van der Waals surface area contributed by atoms with Gasteiger partial charge in [0.15, 0.2) is 0 Å². The summed E-state index contributed by atoms with van der Waals surface area (Å²) in [5, 5.41) is 0. The lowest BCUT2D eigenvalue weighted by atomic mass is 10.3. The van der Waals surface area contributed by atoms with E-state index in [9.17, 15) is 0 Å². The van der Waals surface area contributed by atoms with Crippen molar-refractivity contribution in [3.8, 4) is 0 Å². The summed E-state index contributed by atoms with van der Waals surface area (Å²) in [5.74, 6) is 0. The van der Waals surface area contributed by atoms with Crippen LogP contribution in [0.4, 0.5) is 0 Å². The van der Waals surface area contributed by atoms with Crippen molar-refractivity contribution >= 4 is 0 Å². The molecular weight excluding hydrogens is 154 g/mol. The number of aromatic amines is 1. The van der Waals surface area contributed by atoms with Gasteiger partial charge in [-0.1, -0.05) is 0 Å². The first-order valence-corrected chi connectivity index (χ1v) is 4.18. The molecule has 0 amide bonds. The quantitative estimate of drug-likeness (QED) is 0.603. The van der Waals surface area contributed by atoms with Crippen LogP contribution in [0.15, 0.2) is 12.5 Å². The maximum absolute atomic E-state index is 5.26. The van der Waals surface area contributed by atoms with E-state index in [4.69, 9.17) is 10.5 Å². The zero-order valence-electron chi connectivity index (χ0n) is 7.12. The van der Waals surface area contributed by atoms with Gasteiger partial charge in [0.05, 0.1) is 12.9 Å². The van der Waals surface area contributed by atoms with Crippen molar-refractivity contribution < 1.29 is 4.74 Å². The molecule has 0 aromatic carbocycles. The Balaban J connectivity index is 1.96. The minimum Gasteiger partial charge on any atom is -0.380 e. The molecule has 1 rings (SSSR count). The molecular formula is C8H15N3O. The van der Waals surface area contributed by atoms with Crippen LogP contribution in [0.2, 0.25) is 0 Å². The fourth-order valence-corrected chi connectivity index (χ4v) is 0.971. The largest absolute Gasteiger partial charge is 0.380 e. The van der Waals surface area contributed by atoms with Crippen LogP contribution in [0.1, 0.15) is 12.1 Å². The zero-order chi connectivity index (χ0) is 8.65. The minimum absolute atomic E-state index is 0.601. The number of nitrogens with two attached hydrogens (primary N) is 1. The summed E-state index contributed by atoms with van der Waals surface area (Å²) in [7, 11) is 0. The van der Waals surface area contributed by atoms with Gasteiger partial charge in [0.2, 0.25) is 0 Å². The van der Waals surface area contributed by atoms with E-state index < -0.39 is 0 Å².